The lowest BCUT2D eigenvalue weighted by Crippen LogP contribution is -2.21. The molecule has 94 valence electrons. The van der Waals surface area contributed by atoms with Crippen molar-refractivity contribution in [1.29, 1.82) is 0 Å². The zero-order valence-corrected chi connectivity index (χ0v) is 8.97. The van der Waals surface area contributed by atoms with E-state index >= 15 is 0 Å². The average Bonchev–Trinajstić information content (AvgIpc) is 2.18. The largest absolute Gasteiger partial charge is 0.497 e. The maximum absolute atomic E-state index is 11.9. The van der Waals surface area contributed by atoms with Gasteiger partial charge in [0.2, 0.25) is 5.91 Å². The first kappa shape index (κ1) is 13.1. The van der Waals surface area contributed by atoms with E-state index in [9.17, 15) is 18.0 Å². The minimum Gasteiger partial charge on any atom is -0.497 e. The summed E-state index contributed by atoms with van der Waals surface area (Å²) < 4.78 is 40.7. The van der Waals surface area contributed by atoms with Crippen LogP contribution in [0.4, 0.5) is 24.5 Å². The van der Waals surface area contributed by atoms with Crippen LogP contribution < -0.4 is 15.8 Å². The normalized spacial score (nSPS) is 11.1. The zero-order chi connectivity index (χ0) is 13.1. The Morgan fingerprint density at radius 1 is 1.47 bits per heavy atom. The van der Waals surface area contributed by atoms with E-state index in [-0.39, 0.29) is 11.4 Å². The van der Waals surface area contributed by atoms with Crippen molar-refractivity contribution in [3.8, 4) is 5.75 Å². The number of nitrogen functional groups attached to an aromatic ring is 1. The van der Waals surface area contributed by atoms with Gasteiger partial charge in [0, 0.05) is 6.07 Å². The van der Waals surface area contributed by atoms with Crippen LogP contribution in [0.1, 0.15) is 6.42 Å². The number of ether oxygens (including phenoxy) is 1. The number of rotatable bonds is 3. The van der Waals surface area contributed by atoms with Crippen molar-refractivity contribution < 1.29 is 22.7 Å². The molecule has 3 N–H and O–H groups in total. The second-order valence-electron chi connectivity index (χ2n) is 3.29. The van der Waals surface area contributed by atoms with Gasteiger partial charge in [0.1, 0.15) is 12.2 Å². The van der Waals surface area contributed by atoms with Crippen molar-refractivity contribution in [1.82, 2.24) is 0 Å². The van der Waals surface area contributed by atoms with E-state index in [1.807, 2.05) is 0 Å². The Morgan fingerprint density at radius 2 is 2.12 bits per heavy atom. The summed E-state index contributed by atoms with van der Waals surface area (Å²) in [6.45, 7) is 0. The van der Waals surface area contributed by atoms with Crippen LogP contribution in [0, 0.1) is 0 Å². The lowest BCUT2D eigenvalue weighted by Gasteiger charge is -2.11. The molecule has 0 aromatic heterocycles. The number of benzene rings is 1. The third kappa shape index (κ3) is 4.21. The number of amides is 1. The Morgan fingerprint density at radius 3 is 2.65 bits per heavy atom. The van der Waals surface area contributed by atoms with Crippen LogP contribution in [0.5, 0.6) is 5.75 Å². The molecule has 0 saturated heterocycles. The number of anilines is 2. The molecule has 7 heteroatoms. The summed E-state index contributed by atoms with van der Waals surface area (Å²) in [5, 5.41) is 2.08. The van der Waals surface area contributed by atoms with Crippen molar-refractivity contribution in [2.45, 2.75) is 12.6 Å². The first-order valence-electron chi connectivity index (χ1n) is 4.62. The van der Waals surface area contributed by atoms with Crippen LogP contribution in [0.15, 0.2) is 18.2 Å². The molecule has 4 nitrogen and oxygen atoms in total. The second-order valence-corrected chi connectivity index (χ2v) is 3.29. The smallest absolute Gasteiger partial charge is 0.397 e. The Balaban J connectivity index is 2.77. The maximum atomic E-state index is 11.9. The molecular weight excluding hydrogens is 237 g/mol. The van der Waals surface area contributed by atoms with Crippen LogP contribution in [0.2, 0.25) is 0 Å². The van der Waals surface area contributed by atoms with E-state index in [1.165, 1.54) is 25.3 Å². The molecule has 1 rings (SSSR count). The predicted octanol–water partition coefficient (Wildman–Crippen LogP) is 2.17. The fourth-order valence-corrected chi connectivity index (χ4v) is 1.15. The molecular formula is C10H11F3N2O2. The number of alkyl halides is 3. The van der Waals surface area contributed by atoms with Crippen LogP contribution in [-0.2, 0) is 4.79 Å². The van der Waals surface area contributed by atoms with Crippen molar-refractivity contribution in [2.24, 2.45) is 0 Å². The van der Waals surface area contributed by atoms with E-state index in [4.69, 9.17) is 10.5 Å². The van der Waals surface area contributed by atoms with Crippen molar-refractivity contribution in [3.63, 3.8) is 0 Å². The summed E-state index contributed by atoms with van der Waals surface area (Å²) >= 11 is 0. The van der Waals surface area contributed by atoms with Crippen molar-refractivity contribution in [3.05, 3.63) is 18.2 Å². The third-order valence-electron chi connectivity index (χ3n) is 1.90. The van der Waals surface area contributed by atoms with Crippen LogP contribution in [-0.4, -0.2) is 19.2 Å². The first-order valence-corrected chi connectivity index (χ1v) is 4.62. The minimum absolute atomic E-state index is 0.0959. The summed E-state index contributed by atoms with van der Waals surface area (Å²) in [6.07, 6.45) is -6.10. The fourth-order valence-electron chi connectivity index (χ4n) is 1.15. The molecule has 0 unspecified atom stereocenters. The molecule has 0 heterocycles. The summed E-state index contributed by atoms with van der Waals surface area (Å²) in [6, 6.07) is 4.32. The maximum Gasteiger partial charge on any atom is 0.397 e. The second kappa shape index (κ2) is 4.94. The average molecular weight is 248 g/mol. The van der Waals surface area contributed by atoms with Gasteiger partial charge < -0.3 is 15.8 Å². The number of nitrogens with two attached hydrogens (primary N) is 1. The lowest BCUT2D eigenvalue weighted by atomic mass is 10.2. The standard InChI is InChI=1S/C10H11F3N2O2/c1-17-6-2-3-7(14)8(4-6)15-9(16)5-10(11,12)13/h2-4H,5,14H2,1H3,(H,15,16). The van der Waals surface area contributed by atoms with E-state index in [1.54, 1.807) is 0 Å². The van der Waals surface area contributed by atoms with E-state index < -0.39 is 18.5 Å². The number of hydrogen-bond acceptors (Lipinski definition) is 3. The van der Waals surface area contributed by atoms with Crippen molar-refractivity contribution >= 4 is 17.3 Å². The Bertz CT molecular complexity index is 419. The van der Waals surface area contributed by atoms with Crippen molar-refractivity contribution in [2.75, 3.05) is 18.2 Å². The quantitative estimate of drug-likeness (QED) is 0.806. The minimum atomic E-state index is -4.54. The molecule has 17 heavy (non-hydrogen) atoms. The van der Waals surface area contributed by atoms with Gasteiger partial charge in [0.05, 0.1) is 18.5 Å². The first-order chi connectivity index (χ1) is 7.81. The molecule has 0 bridgehead atoms. The predicted molar refractivity (Wildman–Crippen MR) is 56.7 cm³/mol. The topological polar surface area (TPSA) is 64.3 Å². The fraction of sp³-hybridized carbons (Fsp3) is 0.300. The molecule has 0 aliphatic carbocycles. The van der Waals surface area contributed by atoms with Gasteiger partial charge >= 0.3 is 6.18 Å². The SMILES string of the molecule is COc1ccc(N)c(NC(=O)CC(F)(F)F)c1. The number of nitrogens with one attached hydrogen (secondary N) is 1. The Kier molecular flexibility index (Phi) is 3.82. The summed E-state index contributed by atoms with van der Waals surface area (Å²) in [5.74, 6) is -0.779. The van der Waals surface area contributed by atoms with E-state index in [0.29, 0.717) is 5.75 Å². The highest BCUT2D eigenvalue weighted by molar-refractivity contribution is 5.94. The van der Waals surface area contributed by atoms with Gasteiger partial charge in [0.25, 0.3) is 0 Å². The lowest BCUT2D eigenvalue weighted by molar-refractivity contribution is -0.150. The van der Waals surface area contributed by atoms with Crippen LogP contribution in [0.3, 0.4) is 0 Å². The van der Waals surface area contributed by atoms with Gasteiger partial charge in [0.15, 0.2) is 0 Å². The van der Waals surface area contributed by atoms with E-state index in [0.717, 1.165) is 0 Å². The summed E-state index contributed by atoms with van der Waals surface area (Å²) in [4.78, 5) is 11.1. The third-order valence-corrected chi connectivity index (χ3v) is 1.90. The monoisotopic (exact) mass is 248 g/mol. The molecule has 0 atom stereocenters. The Hall–Kier alpha value is -1.92. The van der Waals surface area contributed by atoms with Crippen LogP contribution in [0.25, 0.3) is 0 Å². The summed E-state index contributed by atoms with van der Waals surface area (Å²) in [5.41, 5.74) is 5.77. The summed E-state index contributed by atoms with van der Waals surface area (Å²) in [7, 11) is 1.40. The molecule has 0 aliphatic rings. The zero-order valence-electron chi connectivity index (χ0n) is 8.97. The van der Waals surface area contributed by atoms with Crippen LogP contribution >= 0.6 is 0 Å². The molecule has 0 aliphatic heterocycles. The van der Waals surface area contributed by atoms with E-state index in [2.05, 4.69) is 5.32 Å². The molecule has 1 amide bonds. The highest BCUT2D eigenvalue weighted by Crippen LogP contribution is 2.26. The molecule has 0 fully saturated rings. The van der Waals surface area contributed by atoms with Gasteiger partial charge in [-0.05, 0) is 12.1 Å². The molecule has 0 radical (unpaired) electrons. The molecule has 0 spiro atoms. The molecule has 1 aromatic carbocycles. The number of carbonyl (C=O) groups is 1. The number of methoxy groups -OCH3 is 1. The Labute approximate surface area is 95.6 Å². The van der Waals surface area contributed by atoms with Gasteiger partial charge in [-0.25, -0.2) is 0 Å². The molecule has 1 aromatic rings. The number of hydrogen-bond donors (Lipinski definition) is 2. The van der Waals surface area contributed by atoms with Gasteiger partial charge in [-0.1, -0.05) is 0 Å². The van der Waals surface area contributed by atoms with Gasteiger partial charge in [-0.15, -0.1) is 0 Å². The molecule has 0 saturated carbocycles. The highest BCUT2D eigenvalue weighted by Gasteiger charge is 2.31. The van der Waals surface area contributed by atoms with Gasteiger partial charge in [-0.2, -0.15) is 13.2 Å². The number of carbonyl (C=O) groups excluding carboxylic acids is 1. The highest BCUT2D eigenvalue weighted by atomic mass is 19.4. The number of halogens is 3. The van der Waals surface area contributed by atoms with Gasteiger partial charge in [-0.3, -0.25) is 4.79 Å².